The molecule has 0 aliphatic carbocycles. The molecule has 18 heavy (non-hydrogen) atoms. The summed E-state index contributed by atoms with van der Waals surface area (Å²) >= 11 is 3.53. The predicted octanol–water partition coefficient (Wildman–Crippen LogP) is 4.30. The number of nitrogens with zero attached hydrogens (tertiary/aromatic N) is 2. The van der Waals surface area contributed by atoms with Crippen molar-refractivity contribution in [3.05, 3.63) is 53.0 Å². The first-order chi connectivity index (χ1) is 8.78. The molecule has 3 heteroatoms. The zero-order valence-electron chi connectivity index (χ0n) is 10.7. The van der Waals surface area contributed by atoms with E-state index in [1.807, 2.05) is 18.7 Å². The van der Waals surface area contributed by atoms with Crippen LogP contribution in [0.5, 0.6) is 0 Å². The predicted molar refractivity (Wildman–Crippen MR) is 78.5 cm³/mol. The molecule has 0 saturated carbocycles. The second kappa shape index (κ2) is 6.74. The lowest BCUT2D eigenvalue weighted by molar-refractivity contribution is 0.431. The summed E-state index contributed by atoms with van der Waals surface area (Å²) in [7, 11) is 0. The number of aryl methyl sites for hydroxylation is 1. The molecule has 1 heterocycles. The van der Waals surface area contributed by atoms with Crippen molar-refractivity contribution in [1.29, 1.82) is 0 Å². The Morgan fingerprint density at radius 2 is 2.28 bits per heavy atom. The van der Waals surface area contributed by atoms with Gasteiger partial charge in [0.1, 0.15) is 0 Å². The standard InChI is InChI=1S/C15H19BrN2/c1-2-13(6-8-18-9-7-17-12-18)10-14-4-3-5-15(16)11-14/h3-5,7,9,11-13H,2,6,8,10H2,1H3. The number of imidazole rings is 1. The average molecular weight is 307 g/mol. The Hall–Kier alpha value is -1.09. The van der Waals surface area contributed by atoms with Gasteiger partial charge in [0.2, 0.25) is 0 Å². The first kappa shape index (κ1) is 13.3. The highest BCUT2D eigenvalue weighted by Gasteiger charge is 2.08. The van der Waals surface area contributed by atoms with E-state index in [1.54, 1.807) is 0 Å². The number of aromatic nitrogens is 2. The monoisotopic (exact) mass is 306 g/mol. The minimum atomic E-state index is 0.738. The van der Waals surface area contributed by atoms with E-state index in [4.69, 9.17) is 0 Å². The van der Waals surface area contributed by atoms with Gasteiger partial charge in [-0.1, -0.05) is 41.4 Å². The molecule has 96 valence electrons. The molecule has 2 aromatic rings. The molecule has 1 unspecified atom stereocenters. The van der Waals surface area contributed by atoms with E-state index in [-0.39, 0.29) is 0 Å². The quantitative estimate of drug-likeness (QED) is 0.778. The van der Waals surface area contributed by atoms with Crippen LogP contribution in [0.4, 0.5) is 0 Å². The first-order valence-corrected chi connectivity index (χ1v) is 7.27. The van der Waals surface area contributed by atoms with Crippen LogP contribution in [0.1, 0.15) is 25.3 Å². The molecule has 0 fully saturated rings. The summed E-state index contributed by atoms with van der Waals surface area (Å²) in [6.07, 6.45) is 9.36. The van der Waals surface area contributed by atoms with Gasteiger partial charge in [-0.05, 0) is 36.5 Å². The van der Waals surface area contributed by atoms with E-state index in [9.17, 15) is 0 Å². The van der Waals surface area contributed by atoms with E-state index in [0.29, 0.717) is 0 Å². The number of rotatable bonds is 6. The Morgan fingerprint density at radius 3 is 2.94 bits per heavy atom. The van der Waals surface area contributed by atoms with Gasteiger partial charge >= 0.3 is 0 Å². The molecule has 0 aliphatic heterocycles. The van der Waals surface area contributed by atoms with Gasteiger partial charge < -0.3 is 4.57 Å². The third kappa shape index (κ3) is 3.98. The minimum Gasteiger partial charge on any atom is -0.337 e. The van der Waals surface area contributed by atoms with E-state index < -0.39 is 0 Å². The Kier molecular flexibility index (Phi) is 5.00. The fraction of sp³-hybridized carbons (Fsp3) is 0.400. The Labute approximate surface area is 117 Å². The molecule has 0 N–H and O–H groups in total. The van der Waals surface area contributed by atoms with Gasteiger partial charge in [-0.3, -0.25) is 0 Å². The normalized spacial score (nSPS) is 12.6. The molecule has 1 atom stereocenters. The van der Waals surface area contributed by atoms with Crippen LogP contribution < -0.4 is 0 Å². The second-order valence-electron chi connectivity index (χ2n) is 4.70. The van der Waals surface area contributed by atoms with E-state index in [2.05, 4.69) is 56.7 Å². The van der Waals surface area contributed by atoms with E-state index >= 15 is 0 Å². The van der Waals surface area contributed by atoms with Gasteiger partial charge in [0, 0.05) is 23.4 Å². The highest BCUT2D eigenvalue weighted by atomic mass is 79.9. The van der Waals surface area contributed by atoms with Crippen molar-refractivity contribution in [2.24, 2.45) is 5.92 Å². The molecule has 0 saturated heterocycles. The molecule has 1 aromatic carbocycles. The van der Waals surface area contributed by atoms with Crippen molar-refractivity contribution in [1.82, 2.24) is 9.55 Å². The summed E-state index contributed by atoms with van der Waals surface area (Å²) in [5.41, 5.74) is 1.42. The van der Waals surface area contributed by atoms with Crippen molar-refractivity contribution in [2.75, 3.05) is 0 Å². The topological polar surface area (TPSA) is 17.8 Å². The maximum atomic E-state index is 4.08. The Balaban J connectivity index is 1.89. The summed E-state index contributed by atoms with van der Waals surface area (Å²) in [4.78, 5) is 4.08. The SMILES string of the molecule is CCC(CCn1ccnc1)Cc1cccc(Br)c1. The Bertz CT molecular complexity index is 465. The second-order valence-corrected chi connectivity index (χ2v) is 5.61. The summed E-state index contributed by atoms with van der Waals surface area (Å²) < 4.78 is 3.33. The number of hydrogen-bond acceptors (Lipinski definition) is 1. The van der Waals surface area contributed by atoms with Gasteiger partial charge in [0.25, 0.3) is 0 Å². The fourth-order valence-electron chi connectivity index (χ4n) is 2.20. The van der Waals surface area contributed by atoms with Crippen molar-refractivity contribution < 1.29 is 0 Å². The third-order valence-corrected chi connectivity index (χ3v) is 3.84. The Morgan fingerprint density at radius 1 is 1.39 bits per heavy atom. The number of benzene rings is 1. The molecule has 0 aliphatic rings. The van der Waals surface area contributed by atoms with E-state index in [0.717, 1.165) is 18.9 Å². The summed E-state index contributed by atoms with van der Waals surface area (Å²) in [6, 6.07) is 8.63. The lowest BCUT2D eigenvalue weighted by Gasteiger charge is -2.15. The van der Waals surface area contributed by atoms with Crippen LogP contribution in [0, 0.1) is 5.92 Å². The van der Waals surface area contributed by atoms with Crippen molar-refractivity contribution in [2.45, 2.75) is 32.7 Å². The molecule has 2 nitrogen and oxygen atoms in total. The van der Waals surface area contributed by atoms with Crippen LogP contribution in [0.15, 0.2) is 47.5 Å². The highest BCUT2D eigenvalue weighted by Crippen LogP contribution is 2.19. The zero-order valence-corrected chi connectivity index (χ0v) is 12.3. The van der Waals surface area contributed by atoms with Crippen molar-refractivity contribution >= 4 is 15.9 Å². The molecule has 1 aromatic heterocycles. The van der Waals surface area contributed by atoms with Gasteiger partial charge in [-0.2, -0.15) is 0 Å². The minimum absolute atomic E-state index is 0.738. The van der Waals surface area contributed by atoms with Gasteiger partial charge in [-0.25, -0.2) is 4.98 Å². The van der Waals surface area contributed by atoms with Crippen LogP contribution in [0.3, 0.4) is 0 Å². The molecule has 0 amide bonds. The molecule has 0 bridgehead atoms. The van der Waals surface area contributed by atoms with Crippen LogP contribution in [-0.4, -0.2) is 9.55 Å². The third-order valence-electron chi connectivity index (χ3n) is 3.35. The molecule has 0 radical (unpaired) electrons. The maximum Gasteiger partial charge on any atom is 0.0945 e. The first-order valence-electron chi connectivity index (χ1n) is 6.48. The van der Waals surface area contributed by atoms with Gasteiger partial charge in [0.15, 0.2) is 0 Å². The van der Waals surface area contributed by atoms with Crippen LogP contribution >= 0.6 is 15.9 Å². The largest absolute Gasteiger partial charge is 0.337 e. The molecule has 2 rings (SSSR count). The molecular formula is C15H19BrN2. The summed E-state index contributed by atoms with van der Waals surface area (Å²) in [5.74, 6) is 0.738. The van der Waals surface area contributed by atoms with Crippen LogP contribution in [0.2, 0.25) is 0 Å². The van der Waals surface area contributed by atoms with E-state index in [1.165, 1.54) is 22.9 Å². The zero-order chi connectivity index (χ0) is 12.8. The maximum absolute atomic E-state index is 4.08. The number of halogens is 1. The fourth-order valence-corrected chi connectivity index (χ4v) is 2.65. The van der Waals surface area contributed by atoms with Gasteiger partial charge in [0.05, 0.1) is 6.33 Å². The molecular weight excluding hydrogens is 288 g/mol. The van der Waals surface area contributed by atoms with Crippen molar-refractivity contribution in [3.63, 3.8) is 0 Å². The number of hydrogen-bond donors (Lipinski definition) is 0. The summed E-state index contributed by atoms with van der Waals surface area (Å²) in [6.45, 7) is 3.34. The highest BCUT2D eigenvalue weighted by molar-refractivity contribution is 9.10. The smallest absolute Gasteiger partial charge is 0.0945 e. The molecule has 0 spiro atoms. The van der Waals surface area contributed by atoms with Crippen LogP contribution in [-0.2, 0) is 13.0 Å². The average Bonchev–Trinajstić information content (AvgIpc) is 2.87. The van der Waals surface area contributed by atoms with Gasteiger partial charge in [-0.15, -0.1) is 0 Å². The lowest BCUT2D eigenvalue weighted by Crippen LogP contribution is -2.07. The summed E-state index contributed by atoms with van der Waals surface area (Å²) in [5, 5.41) is 0. The van der Waals surface area contributed by atoms with Crippen LogP contribution in [0.25, 0.3) is 0 Å². The van der Waals surface area contributed by atoms with Crippen molar-refractivity contribution in [3.8, 4) is 0 Å². The lowest BCUT2D eigenvalue weighted by atomic mass is 9.94.